The minimum atomic E-state index is -3.80. The molecular formula is C22H27NO3S. The number of hydrogen-bond donors (Lipinski definition) is 1. The SMILES string of the molecule is CC1(C)C2CCC1(C)C(O)C2N(c1ccccc1)S(=O)(=O)c1ccccc1. The molecule has 2 saturated carbocycles. The van der Waals surface area contributed by atoms with Crippen LogP contribution in [0.2, 0.25) is 0 Å². The first-order valence-electron chi connectivity index (χ1n) is 9.54. The van der Waals surface area contributed by atoms with E-state index in [2.05, 4.69) is 20.8 Å². The molecule has 2 aliphatic carbocycles. The number of aliphatic hydroxyl groups excluding tert-OH is 1. The standard InChI is InChI=1S/C22H27NO3S/c1-21(2)18-14-15-22(21,3)20(24)19(18)23(16-10-6-4-7-11-16)27(25,26)17-12-8-5-9-13-17/h4-13,18-20,24H,14-15H2,1-3H3. The molecule has 1 N–H and O–H groups in total. The third-order valence-electron chi connectivity index (χ3n) is 7.34. The molecule has 4 unspecified atom stereocenters. The Balaban J connectivity index is 1.89. The summed E-state index contributed by atoms with van der Waals surface area (Å²) in [5, 5.41) is 11.3. The fourth-order valence-electron chi connectivity index (χ4n) is 5.33. The van der Waals surface area contributed by atoms with Crippen molar-refractivity contribution in [2.24, 2.45) is 16.7 Å². The molecule has 2 bridgehead atoms. The van der Waals surface area contributed by atoms with Crippen LogP contribution < -0.4 is 4.31 Å². The van der Waals surface area contributed by atoms with Crippen LogP contribution in [0.15, 0.2) is 65.6 Å². The predicted octanol–water partition coefficient (Wildman–Crippen LogP) is 4.07. The molecule has 0 heterocycles. The Morgan fingerprint density at radius 2 is 1.52 bits per heavy atom. The van der Waals surface area contributed by atoms with E-state index in [1.165, 1.54) is 4.31 Å². The molecule has 0 saturated heterocycles. The van der Waals surface area contributed by atoms with Gasteiger partial charge >= 0.3 is 0 Å². The fourth-order valence-corrected chi connectivity index (χ4v) is 7.04. The van der Waals surface area contributed by atoms with E-state index in [4.69, 9.17) is 0 Å². The van der Waals surface area contributed by atoms with Gasteiger partial charge in [-0.25, -0.2) is 8.42 Å². The van der Waals surface area contributed by atoms with E-state index in [1.807, 2.05) is 36.4 Å². The zero-order chi connectivity index (χ0) is 19.4. The van der Waals surface area contributed by atoms with Crippen molar-refractivity contribution in [3.63, 3.8) is 0 Å². The van der Waals surface area contributed by atoms with Crippen LogP contribution in [0.1, 0.15) is 33.6 Å². The van der Waals surface area contributed by atoms with Gasteiger partial charge in [0, 0.05) is 5.41 Å². The summed E-state index contributed by atoms with van der Waals surface area (Å²) in [6, 6.07) is 17.2. The maximum Gasteiger partial charge on any atom is 0.264 e. The molecule has 0 amide bonds. The number of para-hydroxylation sites is 1. The lowest BCUT2D eigenvalue weighted by molar-refractivity contribution is 0.00654. The van der Waals surface area contributed by atoms with Crippen LogP contribution in [-0.2, 0) is 10.0 Å². The van der Waals surface area contributed by atoms with Crippen LogP contribution in [0, 0.1) is 16.7 Å². The molecular weight excluding hydrogens is 358 g/mol. The molecule has 0 aliphatic heterocycles. The zero-order valence-corrected chi connectivity index (χ0v) is 16.9. The molecule has 0 aromatic heterocycles. The minimum Gasteiger partial charge on any atom is -0.390 e. The molecule has 0 spiro atoms. The maximum absolute atomic E-state index is 13.7. The lowest BCUT2D eigenvalue weighted by Gasteiger charge is -2.40. The molecule has 2 aliphatic rings. The monoisotopic (exact) mass is 385 g/mol. The number of fused-ring (bicyclic) bond motifs is 2. The molecule has 144 valence electrons. The molecule has 4 atom stereocenters. The Labute approximate surface area is 161 Å². The van der Waals surface area contributed by atoms with Gasteiger partial charge in [0.25, 0.3) is 10.0 Å². The van der Waals surface area contributed by atoms with E-state index >= 15 is 0 Å². The van der Waals surface area contributed by atoms with Crippen LogP contribution in [0.4, 0.5) is 5.69 Å². The van der Waals surface area contributed by atoms with Crippen LogP contribution in [0.3, 0.4) is 0 Å². The third-order valence-corrected chi connectivity index (χ3v) is 9.18. The van der Waals surface area contributed by atoms with E-state index in [0.717, 1.165) is 12.8 Å². The van der Waals surface area contributed by atoms with Gasteiger partial charge in [-0.2, -0.15) is 0 Å². The van der Waals surface area contributed by atoms with Crippen molar-refractivity contribution >= 4 is 15.7 Å². The number of benzene rings is 2. The lowest BCUT2D eigenvalue weighted by Crippen LogP contribution is -2.52. The number of aliphatic hydroxyl groups is 1. The summed E-state index contributed by atoms with van der Waals surface area (Å²) < 4.78 is 28.8. The Hall–Kier alpha value is -1.85. The van der Waals surface area contributed by atoms with Crippen LogP contribution in [-0.4, -0.2) is 25.7 Å². The van der Waals surface area contributed by atoms with Crippen molar-refractivity contribution in [1.29, 1.82) is 0 Å². The highest BCUT2D eigenvalue weighted by Crippen LogP contribution is 2.66. The third kappa shape index (κ3) is 2.48. The fraction of sp³-hybridized carbons (Fsp3) is 0.455. The molecule has 0 radical (unpaired) electrons. The van der Waals surface area contributed by atoms with Gasteiger partial charge in [0.1, 0.15) is 0 Å². The smallest absolute Gasteiger partial charge is 0.264 e. The predicted molar refractivity (Wildman–Crippen MR) is 107 cm³/mol. The Bertz CT molecular complexity index is 927. The quantitative estimate of drug-likeness (QED) is 0.863. The Kier molecular flexibility index (Phi) is 4.17. The van der Waals surface area contributed by atoms with Gasteiger partial charge in [-0.1, -0.05) is 57.2 Å². The van der Waals surface area contributed by atoms with Gasteiger partial charge in [-0.15, -0.1) is 0 Å². The summed E-state index contributed by atoms with van der Waals surface area (Å²) in [7, 11) is -3.80. The molecule has 27 heavy (non-hydrogen) atoms. The van der Waals surface area contributed by atoms with Crippen molar-refractivity contribution < 1.29 is 13.5 Å². The molecule has 2 aromatic rings. The Morgan fingerprint density at radius 1 is 0.963 bits per heavy atom. The first kappa shape index (κ1) is 18.5. The van der Waals surface area contributed by atoms with Crippen molar-refractivity contribution in [1.82, 2.24) is 0 Å². The van der Waals surface area contributed by atoms with Crippen LogP contribution >= 0.6 is 0 Å². The van der Waals surface area contributed by atoms with Gasteiger partial charge in [0.2, 0.25) is 0 Å². The van der Waals surface area contributed by atoms with E-state index in [9.17, 15) is 13.5 Å². The summed E-state index contributed by atoms with van der Waals surface area (Å²) >= 11 is 0. The molecule has 2 fully saturated rings. The van der Waals surface area contributed by atoms with Crippen LogP contribution in [0.25, 0.3) is 0 Å². The second kappa shape index (κ2) is 6.08. The highest BCUT2D eigenvalue weighted by Gasteiger charge is 2.68. The summed E-state index contributed by atoms with van der Waals surface area (Å²) in [4.78, 5) is 0.256. The molecule has 4 rings (SSSR count). The maximum atomic E-state index is 13.7. The number of nitrogens with zero attached hydrogens (tertiary/aromatic N) is 1. The van der Waals surface area contributed by atoms with E-state index in [0.29, 0.717) is 5.69 Å². The number of sulfonamides is 1. The number of rotatable bonds is 4. The van der Waals surface area contributed by atoms with Crippen molar-refractivity contribution in [3.05, 3.63) is 60.7 Å². The molecule has 4 nitrogen and oxygen atoms in total. The highest BCUT2D eigenvalue weighted by molar-refractivity contribution is 7.92. The van der Waals surface area contributed by atoms with E-state index in [1.54, 1.807) is 24.3 Å². The van der Waals surface area contributed by atoms with Crippen molar-refractivity contribution in [3.8, 4) is 0 Å². The zero-order valence-electron chi connectivity index (χ0n) is 16.0. The molecule has 5 heteroatoms. The summed E-state index contributed by atoms with van der Waals surface area (Å²) in [6.45, 7) is 6.45. The number of hydrogen-bond acceptors (Lipinski definition) is 3. The largest absolute Gasteiger partial charge is 0.390 e. The van der Waals surface area contributed by atoms with Crippen molar-refractivity contribution in [2.75, 3.05) is 4.31 Å². The van der Waals surface area contributed by atoms with Crippen LogP contribution in [0.5, 0.6) is 0 Å². The second-order valence-electron chi connectivity index (χ2n) is 8.67. The summed E-state index contributed by atoms with van der Waals surface area (Å²) in [5.41, 5.74) is 0.190. The average molecular weight is 386 g/mol. The van der Waals surface area contributed by atoms with Gasteiger partial charge in [-0.05, 0) is 48.4 Å². The minimum absolute atomic E-state index is 0.108. The summed E-state index contributed by atoms with van der Waals surface area (Å²) in [6.07, 6.45) is 1.15. The van der Waals surface area contributed by atoms with Gasteiger partial charge in [-0.3, -0.25) is 4.31 Å². The number of anilines is 1. The molecule has 2 aromatic carbocycles. The highest BCUT2D eigenvalue weighted by atomic mass is 32.2. The van der Waals surface area contributed by atoms with Crippen molar-refractivity contribution in [2.45, 2.75) is 50.7 Å². The van der Waals surface area contributed by atoms with E-state index in [-0.39, 0.29) is 21.6 Å². The lowest BCUT2D eigenvalue weighted by atomic mass is 9.70. The van der Waals surface area contributed by atoms with Gasteiger partial charge in [0.15, 0.2) is 0 Å². The topological polar surface area (TPSA) is 57.6 Å². The Morgan fingerprint density at radius 3 is 2.04 bits per heavy atom. The first-order chi connectivity index (χ1) is 12.7. The van der Waals surface area contributed by atoms with Gasteiger partial charge in [0.05, 0.1) is 22.7 Å². The summed E-state index contributed by atoms with van der Waals surface area (Å²) in [5.74, 6) is 0.108. The average Bonchev–Trinajstić information content (AvgIpc) is 2.97. The second-order valence-corrected chi connectivity index (χ2v) is 10.5. The first-order valence-corrected chi connectivity index (χ1v) is 11.0. The van der Waals surface area contributed by atoms with Gasteiger partial charge < -0.3 is 5.11 Å². The normalized spacial score (nSPS) is 31.8. The van der Waals surface area contributed by atoms with E-state index < -0.39 is 22.2 Å².